The van der Waals surface area contributed by atoms with Crippen molar-refractivity contribution >= 4 is 33.2 Å². The van der Waals surface area contributed by atoms with Crippen LogP contribution in [0.5, 0.6) is 0 Å². The highest BCUT2D eigenvalue weighted by atomic mass is 79.9. The molecule has 0 saturated carbocycles. The van der Waals surface area contributed by atoms with Crippen molar-refractivity contribution in [1.29, 1.82) is 0 Å². The van der Waals surface area contributed by atoms with E-state index >= 15 is 0 Å². The van der Waals surface area contributed by atoms with Gasteiger partial charge in [-0.15, -0.1) is 0 Å². The van der Waals surface area contributed by atoms with Gasteiger partial charge in [-0.25, -0.2) is 4.39 Å². The van der Waals surface area contributed by atoms with Crippen molar-refractivity contribution < 1.29 is 9.18 Å². The fourth-order valence-electron chi connectivity index (χ4n) is 1.71. The summed E-state index contributed by atoms with van der Waals surface area (Å²) in [5.74, 6) is -0.453. The van der Waals surface area contributed by atoms with Gasteiger partial charge in [0.05, 0.1) is 6.54 Å². The van der Waals surface area contributed by atoms with Gasteiger partial charge in [0, 0.05) is 15.8 Å². The van der Waals surface area contributed by atoms with Gasteiger partial charge in [0.25, 0.3) is 0 Å². The molecule has 104 valence electrons. The zero-order valence-electron chi connectivity index (χ0n) is 10.9. The summed E-state index contributed by atoms with van der Waals surface area (Å²) in [4.78, 5) is 11.8. The van der Waals surface area contributed by atoms with Crippen molar-refractivity contribution in [3.63, 3.8) is 0 Å². The van der Waals surface area contributed by atoms with Gasteiger partial charge in [-0.05, 0) is 55.0 Å². The molecule has 0 bridgehead atoms. The molecule has 0 fully saturated rings. The third kappa shape index (κ3) is 4.06. The molecule has 1 amide bonds. The highest BCUT2D eigenvalue weighted by Crippen LogP contribution is 2.19. The van der Waals surface area contributed by atoms with Crippen LogP contribution in [0, 0.1) is 12.7 Å². The highest BCUT2D eigenvalue weighted by molar-refractivity contribution is 9.10. The molecule has 0 aromatic heterocycles. The quantitative estimate of drug-likeness (QED) is 0.887. The SMILES string of the molecule is Cc1cc(Br)ccc1NC(=O)CNc1ccc(F)cc1. The molecule has 2 rings (SSSR count). The van der Waals surface area contributed by atoms with Crippen LogP contribution in [-0.4, -0.2) is 12.5 Å². The third-order valence-electron chi connectivity index (χ3n) is 2.76. The molecule has 20 heavy (non-hydrogen) atoms. The van der Waals surface area contributed by atoms with Crippen LogP contribution >= 0.6 is 15.9 Å². The normalized spacial score (nSPS) is 10.2. The maximum Gasteiger partial charge on any atom is 0.243 e. The van der Waals surface area contributed by atoms with Crippen molar-refractivity contribution in [3.8, 4) is 0 Å². The van der Waals surface area contributed by atoms with Gasteiger partial charge >= 0.3 is 0 Å². The van der Waals surface area contributed by atoms with E-state index in [9.17, 15) is 9.18 Å². The Balaban J connectivity index is 1.90. The van der Waals surface area contributed by atoms with Crippen LogP contribution in [0.3, 0.4) is 0 Å². The molecule has 0 spiro atoms. The second-order valence-corrected chi connectivity index (χ2v) is 5.28. The number of anilines is 2. The lowest BCUT2D eigenvalue weighted by Crippen LogP contribution is -2.22. The van der Waals surface area contributed by atoms with Gasteiger partial charge < -0.3 is 10.6 Å². The number of carbonyl (C=O) groups excluding carboxylic acids is 1. The summed E-state index contributed by atoms with van der Waals surface area (Å²) in [6.07, 6.45) is 0. The van der Waals surface area contributed by atoms with Gasteiger partial charge in [0.1, 0.15) is 5.82 Å². The number of hydrogen-bond acceptors (Lipinski definition) is 2. The van der Waals surface area contributed by atoms with E-state index in [1.807, 2.05) is 25.1 Å². The minimum absolute atomic E-state index is 0.126. The van der Waals surface area contributed by atoms with Crippen LogP contribution in [0.4, 0.5) is 15.8 Å². The summed E-state index contributed by atoms with van der Waals surface area (Å²) in [5, 5.41) is 5.76. The van der Waals surface area contributed by atoms with E-state index in [2.05, 4.69) is 26.6 Å². The van der Waals surface area contributed by atoms with Crippen LogP contribution in [0.15, 0.2) is 46.9 Å². The Hall–Kier alpha value is -1.88. The first-order valence-corrected chi connectivity index (χ1v) is 6.89. The van der Waals surface area contributed by atoms with Gasteiger partial charge in [-0.3, -0.25) is 4.79 Å². The lowest BCUT2D eigenvalue weighted by molar-refractivity contribution is -0.114. The van der Waals surface area contributed by atoms with Crippen molar-refractivity contribution in [3.05, 3.63) is 58.3 Å². The predicted octanol–water partition coefficient (Wildman–Crippen LogP) is 3.95. The Kier molecular flexibility index (Phi) is 4.74. The van der Waals surface area contributed by atoms with Crippen LogP contribution in [-0.2, 0) is 4.79 Å². The number of hydrogen-bond donors (Lipinski definition) is 2. The molecule has 0 atom stereocenters. The maximum atomic E-state index is 12.7. The molecular formula is C15H14BrFN2O. The average molecular weight is 337 g/mol. The van der Waals surface area contributed by atoms with Crippen molar-refractivity contribution in [1.82, 2.24) is 0 Å². The average Bonchev–Trinajstić information content (AvgIpc) is 2.41. The summed E-state index contributed by atoms with van der Waals surface area (Å²) in [5.41, 5.74) is 2.46. The molecule has 0 radical (unpaired) electrons. The smallest absolute Gasteiger partial charge is 0.243 e. The van der Waals surface area contributed by atoms with E-state index in [1.54, 1.807) is 12.1 Å². The van der Waals surface area contributed by atoms with Gasteiger partial charge in [0.15, 0.2) is 0 Å². The van der Waals surface area contributed by atoms with Crippen molar-refractivity contribution in [2.75, 3.05) is 17.2 Å². The molecule has 0 heterocycles. The minimum Gasteiger partial charge on any atom is -0.376 e. The molecule has 0 aliphatic heterocycles. The molecule has 0 saturated heterocycles. The van der Waals surface area contributed by atoms with Crippen molar-refractivity contribution in [2.45, 2.75) is 6.92 Å². The van der Waals surface area contributed by atoms with E-state index in [0.717, 1.165) is 15.7 Å². The van der Waals surface area contributed by atoms with Gasteiger partial charge in [-0.1, -0.05) is 15.9 Å². The maximum absolute atomic E-state index is 12.7. The van der Waals surface area contributed by atoms with Gasteiger partial charge in [0.2, 0.25) is 5.91 Å². The topological polar surface area (TPSA) is 41.1 Å². The first kappa shape index (κ1) is 14.5. The van der Waals surface area contributed by atoms with E-state index in [-0.39, 0.29) is 18.3 Å². The Morgan fingerprint density at radius 2 is 1.90 bits per heavy atom. The number of nitrogens with one attached hydrogen (secondary N) is 2. The standard InChI is InChI=1S/C15H14BrFN2O/c1-10-8-11(16)2-7-14(10)19-15(20)9-18-13-5-3-12(17)4-6-13/h2-8,18H,9H2,1H3,(H,19,20). The summed E-state index contributed by atoms with van der Waals surface area (Å²) in [6, 6.07) is 11.5. The number of rotatable bonds is 4. The summed E-state index contributed by atoms with van der Waals surface area (Å²) < 4.78 is 13.7. The molecule has 5 heteroatoms. The van der Waals surface area contributed by atoms with E-state index < -0.39 is 0 Å². The van der Waals surface area contributed by atoms with Crippen LogP contribution in [0.25, 0.3) is 0 Å². The predicted molar refractivity (Wildman–Crippen MR) is 82.4 cm³/mol. The monoisotopic (exact) mass is 336 g/mol. The number of amides is 1. The zero-order valence-corrected chi connectivity index (χ0v) is 12.5. The van der Waals surface area contributed by atoms with E-state index in [4.69, 9.17) is 0 Å². The Morgan fingerprint density at radius 1 is 1.20 bits per heavy atom. The minimum atomic E-state index is -0.300. The van der Waals surface area contributed by atoms with E-state index in [1.165, 1.54) is 12.1 Å². The van der Waals surface area contributed by atoms with E-state index in [0.29, 0.717) is 5.69 Å². The zero-order chi connectivity index (χ0) is 14.5. The Labute approximate surface area is 125 Å². The number of halogens is 2. The molecule has 0 aliphatic rings. The van der Waals surface area contributed by atoms with Crippen LogP contribution < -0.4 is 10.6 Å². The second kappa shape index (κ2) is 6.52. The number of carbonyl (C=O) groups is 1. The first-order chi connectivity index (χ1) is 9.54. The largest absolute Gasteiger partial charge is 0.376 e. The molecule has 2 aromatic rings. The third-order valence-corrected chi connectivity index (χ3v) is 3.25. The summed E-state index contributed by atoms with van der Waals surface area (Å²) in [7, 11) is 0. The van der Waals surface area contributed by atoms with Crippen LogP contribution in [0.2, 0.25) is 0 Å². The molecule has 2 aromatic carbocycles. The molecule has 3 nitrogen and oxygen atoms in total. The number of aryl methyl sites for hydroxylation is 1. The summed E-state index contributed by atoms with van der Waals surface area (Å²) >= 11 is 3.37. The van der Waals surface area contributed by atoms with Crippen molar-refractivity contribution in [2.24, 2.45) is 0 Å². The molecule has 2 N–H and O–H groups in total. The molecule has 0 unspecified atom stereocenters. The first-order valence-electron chi connectivity index (χ1n) is 6.10. The highest BCUT2D eigenvalue weighted by Gasteiger charge is 2.05. The Bertz CT molecular complexity index is 614. The Morgan fingerprint density at radius 3 is 2.55 bits per heavy atom. The lowest BCUT2D eigenvalue weighted by Gasteiger charge is -2.10. The summed E-state index contributed by atoms with van der Waals surface area (Å²) in [6.45, 7) is 2.05. The lowest BCUT2D eigenvalue weighted by atomic mass is 10.2. The molecular weight excluding hydrogens is 323 g/mol. The molecule has 0 aliphatic carbocycles. The fourth-order valence-corrected chi connectivity index (χ4v) is 2.19. The van der Waals surface area contributed by atoms with Gasteiger partial charge in [-0.2, -0.15) is 0 Å². The number of benzene rings is 2. The fraction of sp³-hybridized carbons (Fsp3) is 0.133. The van der Waals surface area contributed by atoms with Crippen LogP contribution in [0.1, 0.15) is 5.56 Å². The second-order valence-electron chi connectivity index (χ2n) is 4.37.